The number of aryl methyl sites for hydroxylation is 2. The molecular formula is C42H52N2O8. The normalized spacial score (nSPS) is 18.0. The number of allylic oxidation sites excluding steroid dienone is 4. The van der Waals surface area contributed by atoms with Crippen LogP contribution in [0.25, 0.3) is 12.2 Å². The molecule has 10 heteroatoms. The highest BCUT2D eigenvalue weighted by molar-refractivity contribution is 5.89. The van der Waals surface area contributed by atoms with E-state index in [0.717, 1.165) is 111 Å². The molecule has 2 aromatic rings. The van der Waals surface area contributed by atoms with E-state index in [2.05, 4.69) is 12.2 Å². The fourth-order valence-corrected chi connectivity index (χ4v) is 8.27. The maximum absolute atomic E-state index is 13.2. The molecule has 0 N–H and O–H groups in total. The molecule has 0 unspecified atom stereocenters. The minimum absolute atomic E-state index is 0.0607. The van der Waals surface area contributed by atoms with Crippen molar-refractivity contribution < 1.29 is 38.0 Å². The number of amides is 2. The number of carbonyl (C=O) groups is 2. The maximum Gasteiger partial charge on any atom is 0.246 e. The van der Waals surface area contributed by atoms with E-state index in [9.17, 15) is 9.59 Å². The van der Waals surface area contributed by atoms with Crippen molar-refractivity contribution in [1.29, 1.82) is 0 Å². The summed E-state index contributed by atoms with van der Waals surface area (Å²) in [6.45, 7) is 3.07. The third-order valence-electron chi connectivity index (χ3n) is 11.2. The second-order valence-corrected chi connectivity index (χ2v) is 13.9. The zero-order chi connectivity index (χ0) is 36.8. The Kier molecular flexibility index (Phi) is 11.8. The van der Waals surface area contributed by atoms with Crippen molar-refractivity contribution in [2.75, 3.05) is 68.8 Å². The standard InChI is InChI=1S/C42H52N2O8/c1-47-35-25-31-11-7-27(23-33(31)39(49-3)41(35)51-5)9-13-37(45)43-19-15-29(16-20-43)30-17-21-44(22-18-30)38(46)14-10-28-8-12-32-26-36(48-2)42(52-6)40(50-4)34(32)24-28/h9-10,13-14,23-26,29-30H,7-8,11-12,15-22H2,1-6H3/b13-9+,14-10+. The molecule has 0 aromatic heterocycles. The number of methoxy groups -OCH3 is 6. The fourth-order valence-electron chi connectivity index (χ4n) is 8.27. The molecule has 2 aliphatic heterocycles. The van der Waals surface area contributed by atoms with Crippen molar-refractivity contribution in [3.8, 4) is 34.5 Å². The monoisotopic (exact) mass is 712 g/mol. The molecule has 6 rings (SSSR count). The van der Waals surface area contributed by atoms with Crippen LogP contribution in [0, 0.1) is 11.8 Å². The van der Waals surface area contributed by atoms with Crippen LogP contribution < -0.4 is 28.4 Å². The summed E-state index contributed by atoms with van der Waals surface area (Å²) >= 11 is 0. The molecule has 278 valence electrons. The number of benzene rings is 2. The van der Waals surface area contributed by atoms with Gasteiger partial charge in [-0.25, -0.2) is 0 Å². The molecule has 2 aliphatic carbocycles. The molecule has 0 radical (unpaired) electrons. The van der Waals surface area contributed by atoms with E-state index in [4.69, 9.17) is 28.4 Å². The predicted molar refractivity (Wildman–Crippen MR) is 202 cm³/mol. The first-order chi connectivity index (χ1) is 25.3. The van der Waals surface area contributed by atoms with E-state index < -0.39 is 0 Å². The minimum Gasteiger partial charge on any atom is -0.493 e. The van der Waals surface area contributed by atoms with Gasteiger partial charge in [0.05, 0.1) is 42.7 Å². The molecular weight excluding hydrogens is 660 g/mol. The van der Waals surface area contributed by atoms with Gasteiger partial charge in [0, 0.05) is 49.5 Å². The van der Waals surface area contributed by atoms with Gasteiger partial charge in [0.1, 0.15) is 0 Å². The van der Waals surface area contributed by atoms with Crippen LogP contribution in [-0.2, 0) is 22.4 Å². The summed E-state index contributed by atoms with van der Waals surface area (Å²) < 4.78 is 33.6. The summed E-state index contributed by atoms with van der Waals surface area (Å²) in [4.78, 5) is 30.3. The zero-order valence-electron chi connectivity index (χ0n) is 31.4. The Balaban J connectivity index is 0.984. The maximum atomic E-state index is 13.2. The Morgan fingerprint density at radius 2 is 0.904 bits per heavy atom. The molecule has 2 aromatic carbocycles. The summed E-state index contributed by atoms with van der Waals surface area (Å²) in [7, 11) is 9.73. The number of carbonyl (C=O) groups excluding carboxylic acids is 2. The number of hydrogen-bond donors (Lipinski definition) is 0. The molecule has 2 heterocycles. The summed E-state index contributed by atoms with van der Waals surface area (Å²) in [5.74, 6) is 5.03. The molecule has 2 saturated heterocycles. The SMILES string of the molecule is COc1cc2c(c(OC)c1OC)C=C(/C=C/C(=O)N1CCC(C3CCN(C(=O)/C=C/C4=Cc5c(cc(OC)c(OC)c5OC)CC4)CC3)CC1)CC2. The Bertz CT molecular complexity index is 1650. The van der Waals surface area contributed by atoms with Gasteiger partial charge in [-0.1, -0.05) is 12.2 Å². The number of rotatable bonds is 11. The van der Waals surface area contributed by atoms with Gasteiger partial charge in [-0.2, -0.15) is 0 Å². The molecule has 2 amide bonds. The first-order valence-electron chi connectivity index (χ1n) is 18.3. The molecule has 2 fully saturated rings. The van der Waals surface area contributed by atoms with Crippen LogP contribution in [0.5, 0.6) is 34.5 Å². The van der Waals surface area contributed by atoms with Crippen LogP contribution in [0.15, 0.2) is 47.6 Å². The molecule has 52 heavy (non-hydrogen) atoms. The van der Waals surface area contributed by atoms with Gasteiger partial charge >= 0.3 is 0 Å². The Labute approximate surface area is 307 Å². The molecule has 0 atom stereocenters. The largest absolute Gasteiger partial charge is 0.493 e. The highest BCUT2D eigenvalue weighted by Gasteiger charge is 2.32. The highest BCUT2D eigenvalue weighted by atomic mass is 16.5. The van der Waals surface area contributed by atoms with Gasteiger partial charge in [0.2, 0.25) is 23.3 Å². The third kappa shape index (κ3) is 7.66. The van der Waals surface area contributed by atoms with Crippen molar-refractivity contribution in [2.24, 2.45) is 11.8 Å². The molecule has 0 saturated carbocycles. The second-order valence-electron chi connectivity index (χ2n) is 13.9. The predicted octanol–water partition coefficient (Wildman–Crippen LogP) is 6.69. The topological polar surface area (TPSA) is 96.0 Å². The number of hydrogen-bond acceptors (Lipinski definition) is 8. The number of likely N-dealkylation sites (tertiary alicyclic amines) is 2. The average Bonchev–Trinajstić information content (AvgIpc) is 3.20. The van der Waals surface area contributed by atoms with Crippen molar-refractivity contribution in [2.45, 2.75) is 51.4 Å². The first-order valence-corrected chi connectivity index (χ1v) is 18.3. The van der Waals surface area contributed by atoms with Crippen LogP contribution in [0.4, 0.5) is 0 Å². The van der Waals surface area contributed by atoms with E-state index in [0.29, 0.717) is 46.3 Å². The fraction of sp³-hybridized carbons (Fsp3) is 0.476. The van der Waals surface area contributed by atoms with Crippen LogP contribution >= 0.6 is 0 Å². The summed E-state index contributed by atoms with van der Waals surface area (Å²) in [6, 6.07) is 4.01. The van der Waals surface area contributed by atoms with Crippen LogP contribution in [0.3, 0.4) is 0 Å². The first kappa shape index (κ1) is 36.9. The molecule has 10 nitrogen and oxygen atoms in total. The van der Waals surface area contributed by atoms with Crippen LogP contribution in [-0.4, -0.2) is 90.5 Å². The van der Waals surface area contributed by atoms with E-state index >= 15 is 0 Å². The molecule has 0 spiro atoms. The summed E-state index contributed by atoms with van der Waals surface area (Å²) in [5.41, 5.74) is 6.39. The number of piperidine rings is 2. The quantitative estimate of drug-likeness (QED) is 0.238. The van der Waals surface area contributed by atoms with E-state index in [-0.39, 0.29) is 11.8 Å². The lowest BCUT2D eigenvalue weighted by molar-refractivity contribution is -0.129. The lowest BCUT2D eigenvalue weighted by Crippen LogP contribution is -2.43. The van der Waals surface area contributed by atoms with Gasteiger partial charge < -0.3 is 38.2 Å². The van der Waals surface area contributed by atoms with Gasteiger partial charge in [-0.05, 0) is 110 Å². The summed E-state index contributed by atoms with van der Waals surface area (Å²) in [6.07, 6.45) is 18.8. The van der Waals surface area contributed by atoms with Crippen molar-refractivity contribution in [3.63, 3.8) is 0 Å². The Hall–Kier alpha value is -4.86. The lowest BCUT2D eigenvalue weighted by atomic mass is 9.78. The third-order valence-corrected chi connectivity index (χ3v) is 11.2. The highest BCUT2D eigenvalue weighted by Crippen LogP contribution is 2.46. The molecule has 4 aliphatic rings. The Morgan fingerprint density at radius 3 is 1.23 bits per heavy atom. The van der Waals surface area contributed by atoms with Gasteiger partial charge in [-0.3, -0.25) is 9.59 Å². The zero-order valence-corrected chi connectivity index (χ0v) is 31.4. The van der Waals surface area contributed by atoms with E-state index in [1.54, 1.807) is 54.8 Å². The number of fused-ring (bicyclic) bond motifs is 2. The smallest absolute Gasteiger partial charge is 0.246 e. The number of ether oxygens (including phenoxy) is 6. The van der Waals surface area contributed by atoms with E-state index in [1.165, 1.54) is 0 Å². The van der Waals surface area contributed by atoms with Gasteiger partial charge in [-0.15, -0.1) is 0 Å². The minimum atomic E-state index is 0.0607. The Morgan fingerprint density at radius 1 is 0.538 bits per heavy atom. The average molecular weight is 713 g/mol. The number of nitrogens with zero attached hydrogens (tertiary/aromatic N) is 2. The van der Waals surface area contributed by atoms with Crippen molar-refractivity contribution in [3.05, 3.63) is 69.8 Å². The van der Waals surface area contributed by atoms with E-state index in [1.807, 2.05) is 34.1 Å². The van der Waals surface area contributed by atoms with Gasteiger partial charge in [0.15, 0.2) is 23.0 Å². The van der Waals surface area contributed by atoms with Crippen LogP contribution in [0.1, 0.15) is 60.8 Å². The summed E-state index contributed by atoms with van der Waals surface area (Å²) in [5, 5.41) is 0. The lowest BCUT2D eigenvalue weighted by Gasteiger charge is -2.39. The second kappa shape index (κ2) is 16.7. The van der Waals surface area contributed by atoms with Crippen LogP contribution in [0.2, 0.25) is 0 Å². The van der Waals surface area contributed by atoms with Crippen molar-refractivity contribution >= 4 is 24.0 Å². The molecule has 0 bridgehead atoms. The van der Waals surface area contributed by atoms with Gasteiger partial charge in [0.25, 0.3) is 0 Å². The van der Waals surface area contributed by atoms with Crippen molar-refractivity contribution in [1.82, 2.24) is 9.80 Å².